The Morgan fingerprint density at radius 1 is 0.947 bits per heavy atom. The lowest BCUT2D eigenvalue weighted by Gasteiger charge is -2.22. The van der Waals surface area contributed by atoms with Crippen molar-refractivity contribution in [3.63, 3.8) is 0 Å². The van der Waals surface area contributed by atoms with Gasteiger partial charge in [-0.05, 0) is 29.0 Å². The van der Waals surface area contributed by atoms with Crippen LogP contribution in [0.2, 0.25) is 0 Å². The number of allylic oxidation sites excluding steroid dienone is 1. The van der Waals surface area contributed by atoms with Crippen LogP contribution in [0, 0.1) is 0 Å². The van der Waals surface area contributed by atoms with E-state index in [-0.39, 0.29) is 12.5 Å². The number of rotatable bonds is 9. The third-order valence-electron chi connectivity index (χ3n) is 6.48. The summed E-state index contributed by atoms with van der Waals surface area (Å²) in [5.74, 6) is -0.460. The molecule has 0 spiro atoms. The van der Waals surface area contributed by atoms with Crippen LogP contribution in [-0.4, -0.2) is 28.7 Å². The molecule has 3 heterocycles. The minimum absolute atomic E-state index is 0.102. The van der Waals surface area contributed by atoms with Crippen LogP contribution in [0.5, 0.6) is 0 Å². The van der Waals surface area contributed by atoms with Gasteiger partial charge in [-0.15, -0.1) is 0 Å². The van der Waals surface area contributed by atoms with Crippen LogP contribution in [0.15, 0.2) is 113 Å². The predicted molar refractivity (Wildman–Crippen MR) is 143 cm³/mol. The van der Waals surface area contributed by atoms with Crippen LogP contribution >= 0.6 is 11.8 Å². The number of ether oxygens (including phenoxy) is 4. The first kappa shape index (κ1) is 24.1. The molecular weight excluding hydrogens is 502 g/mol. The van der Waals surface area contributed by atoms with Gasteiger partial charge in [-0.3, -0.25) is 0 Å². The van der Waals surface area contributed by atoms with E-state index in [1.807, 2.05) is 89.5 Å². The molecule has 6 rings (SSSR count). The summed E-state index contributed by atoms with van der Waals surface area (Å²) in [5, 5.41) is 11.8. The number of aromatic carboxylic acids is 1. The molecule has 1 N–H and O–H groups in total. The Morgan fingerprint density at radius 2 is 1.66 bits per heavy atom. The van der Waals surface area contributed by atoms with Crippen LogP contribution in [0.1, 0.15) is 27.7 Å². The summed E-state index contributed by atoms with van der Waals surface area (Å²) >= 11 is 1.26. The van der Waals surface area contributed by atoms with Gasteiger partial charge in [-0.2, -0.15) is 0 Å². The minimum Gasteiger partial charge on any atom is -0.477 e. The zero-order chi connectivity index (χ0) is 25.9. The Balaban J connectivity index is 1.38. The number of thioether (sulfide) groups is 1. The molecule has 0 bridgehead atoms. The van der Waals surface area contributed by atoms with E-state index in [4.69, 9.17) is 18.9 Å². The quantitative estimate of drug-likeness (QED) is 0.267. The Morgan fingerprint density at radius 3 is 2.37 bits per heavy atom. The Kier molecular flexibility index (Phi) is 6.71. The monoisotopic (exact) mass is 527 g/mol. The standard InChI is InChI=1S/C30H25NO6S/c32-30(33)28-29(38-27-18-35-26(37-27)16-21-11-5-2-6-12-21)22-13-7-8-14-23(22)31(28)24(25-17-34-19-36-25)15-20-9-3-1-4-10-20/h1-14,17-18,24,26H,15-16,19H2,(H,32,33). The van der Waals surface area contributed by atoms with E-state index in [0.29, 0.717) is 28.6 Å². The Bertz CT molecular complexity index is 1510. The number of para-hydroxylation sites is 1. The number of nitrogens with zero attached hydrogens (tertiary/aromatic N) is 1. The fourth-order valence-electron chi connectivity index (χ4n) is 4.81. The van der Waals surface area contributed by atoms with Crippen molar-refractivity contribution in [2.75, 3.05) is 6.79 Å². The molecule has 1 aromatic heterocycles. The molecule has 8 heteroatoms. The number of aromatic nitrogens is 1. The molecule has 2 aliphatic rings. The summed E-state index contributed by atoms with van der Waals surface area (Å²) in [6.07, 6.45) is 3.78. The molecule has 2 atom stereocenters. The molecule has 3 aromatic carbocycles. The number of hydrogen-bond acceptors (Lipinski definition) is 6. The van der Waals surface area contributed by atoms with E-state index in [0.717, 1.165) is 22.0 Å². The van der Waals surface area contributed by atoms with Gasteiger partial charge < -0.3 is 28.6 Å². The maximum Gasteiger partial charge on any atom is 0.353 e. The number of fused-ring (bicyclic) bond motifs is 1. The first-order chi connectivity index (χ1) is 18.7. The highest BCUT2D eigenvalue weighted by Gasteiger charge is 2.33. The van der Waals surface area contributed by atoms with E-state index in [1.54, 1.807) is 12.5 Å². The van der Waals surface area contributed by atoms with Gasteiger partial charge in [0.25, 0.3) is 0 Å². The zero-order valence-electron chi connectivity index (χ0n) is 20.4. The molecule has 4 aromatic rings. The molecule has 0 saturated carbocycles. The number of carboxylic acid groups (broad SMARTS) is 1. The third-order valence-corrected chi connectivity index (χ3v) is 7.49. The topological polar surface area (TPSA) is 79.2 Å². The van der Waals surface area contributed by atoms with Crippen molar-refractivity contribution >= 4 is 28.6 Å². The highest BCUT2D eigenvalue weighted by molar-refractivity contribution is 8.03. The molecule has 192 valence electrons. The van der Waals surface area contributed by atoms with Crippen molar-refractivity contribution in [2.45, 2.75) is 30.1 Å². The van der Waals surface area contributed by atoms with E-state index < -0.39 is 18.3 Å². The highest BCUT2D eigenvalue weighted by atomic mass is 32.2. The second kappa shape index (κ2) is 10.6. The van der Waals surface area contributed by atoms with Gasteiger partial charge in [0.2, 0.25) is 13.1 Å². The minimum atomic E-state index is -1.04. The summed E-state index contributed by atoms with van der Waals surface area (Å²) in [7, 11) is 0. The van der Waals surface area contributed by atoms with Gasteiger partial charge in [0.15, 0.2) is 10.9 Å². The Labute approximate surface area is 223 Å². The van der Waals surface area contributed by atoms with Crippen LogP contribution in [0.3, 0.4) is 0 Å². The van der Waals surface area contributed by atoms with Crippen molar-refractivity contribution in [1.29, 1.82) is 0 Å². The van der Waals surface area contributed by atoms with Gasteiger partial charge in [-0.25, -0.2) is 4.79 Å². The fourth-order valence-corrected chi connectivity index (χ4v) is 5.83. The maximum atomic E-state index is 12.8. The number of benzene rings is 3. The maximum absolute atomic E-state index is 12.8. The molecule has 7 nitrogen and oxygen atoms in total. The van der Waals surface area contributed by atoms with E-state index in [2.05, 4.69) is 0 Å². The van der Waals surface area contributed by atoms with E-state index in [1.165, 1.54) is 11.8 Å². The molecule has 2 unspecified atom stereocenters. The summed E-state index contributed by atoms with van der Waals surface area (Å²) < 4.78 is 24.9. The lowest BCUT2D eigenvalue weighted by molar-refractivity contribution is -0.0235. The molecule has 38 heavy (non-hydrogen) atoms. The number of carbonyl (C=O) groups is 1. The second-order valence-corrected chi connectivity index (χ2v) is 9.95. The fraction of sp³-hybridized carbons (Fsp3) is 0.167. The Hall–Kier alpha value is -4.30. The molecule has 2 aliphatic heterocycles. The predicted octanol–water partition coefficient (Wildman–Crippen LogP) is 6.48. The molecule has 0 aliphatic carbocycles. The van der Waals surface area contributed by atoms with Crippen LogP contribution in [0.4, 0.5) is 0 Å². The van der Waals surface area contributed by atoms with Gasteiger partial charge in [0, 0.05) is 18.2 Å². The molecule has 0 radical (unpaired) electrons. The largest absolute Gasteiger partial charge is 0.477 e. The smallest absolute Gasteiger partial charge is 0.353 e. The van der Waals surface area contributed by atoms with Crippen molar-refractivity contribution in [1.82, 2.24) is 4.57 Å². The molecule has 0 fully saturated rings. The highest BCUT2D eigenvalue weighted by Crippen LogP contribution is 2.43. The number of hydrogen-bond donors (Lipinski definition) is 1. The summed E-state index contributed by atoms with van der Waals surface area (Å²) in [5.41, 5.74) is 3.08. The third kappa shape index (κ3) is 4.82. The van der Waals surface area contributed by atoms with Crippen molar-refractivity contribution in [3.05, 3.63) is 125 Å². The lowest BCUT2D eigenvalue weighted by Crippen LogP contribution is -2.20. The van der Waals surface area contributed by atoms with Crippen LogP contribution in [0.25, 0.3) is 10.9 Å². The average Bonchev–Trinajstić information content (AvgIpc) is 3.69. The van der Waals surface area contributed by atoms with Crippen molar-refractivity contribution in [2.24, 2.45) is 0 Å². The summed E-state index contributed by atoms with van der Waals surface area (Å²) in [6.45, 7) is 0.102. The van der Waals surface area contributed by atoms with Gasteiger partial charge >= 0.3 is 5.97 Å². The van der Waals surface area contributed by atoms with Gasteiger partial charge in [0.05, 0.1) is 16.5 Å². The molecular formula is C30H25NO6S. The van der Waals surface area contributed by atoms with Crippen LogP contribution < -0.4 is 0 Å². The lowest BCUT2D eigenvalue weighted by atomic mass is 10.0. The van der Waals surface area contributed by atoms with Crippen LogP contribution in [-0.2, 0) is 31.8 Å². The number of carboxylic acids is 1. The first-order valence-corrected chi connectivity index (χ1v) is 13.1. The van der Waals surface area contributed by atoms with Gasteiger partial charge in [-0.1, -0.05) is 78.9 Å². The van der Waals surface area contributed by atoms with Crippen molar-refractivity contribution < 1.29 is 28.8 Å². The SMILES string of the molecule is O=C(O)c1c(SC2=COC(Cc3ccccc3)O2)c2ccccc2n1C(Cc1ccccc1)C1=COCO1. The van der Waals surface area contributed by atoms with Gasteiger partial charge in [0.1, 0.15) is 18.2 Å². The average molecular weight is 528 g/mol. The second-order valence-electron chi connectivity index (χ2n) is 8.94. The summed E-state index contributed by atoms with van der Waals surface area (Å²) in [4.78, 5) is 13.4. The zero-order valence-corrected chi connectivity index (χ0v) is 21.2. The van der Waals surface area contributed by atoms with E-state index >= 15 is 0 Å². The normalized spacial score (nSPS) is 17.1. The van der Waals surface area contributed by atoms with Crippen molar-refractivity contribution in [3.8, 4) is 0 Å². The molecule has 0 saturated heterocycles. The molecule has 0 amide bonds. The summed E-state index contributed by atoms with van der Waals surface area (Å²) in [6, 6.07) is 27.1. The van der Waals surface area contributed by atoms with E-state index in [9.17, 15) is 9.90 Å². The first-order valence-electron chi connectivity index (χ1n) is 12.3.